The molecule has 1 aromatic heterocycles. The van der Waals surface area contributed by atoms with E-state index in [-0.39, 0.29) is 11.5 Å². The second-order valence-corrected chi connectivity index (χ2v) is 7.55. The molecule has 2 N–H and O–H groups in total. The smallest absolute Gasteiger partial charge is 0.262 e. The van der Waals surface area contributed by atoms with Crippen LogP contribution in [0, 0.1) is 11.7 Å². The molecule has 1 heterocycles. The molecule has 3 aromatic rings. The zero-order chi connectivity index (χ0) is 20.1. The number of hydrogen-bond donors (Lipinski definition) is 2. The number of aromatic nitrogens is 2. The summed E-state index contributed by atoms with van der Waals surface area (Å²) in [6.07, 6.45) is 2.77. The molecule has 2 aromatic carbocycles. The monoisotopic (exact) mass is 415 g/mol. The molecule has 0 saturated carbocycles. The average molecular weight is 416 g/mol. The highest BCUT2D eigenvalue weighted by Crippen LogP contribution is 2.20. The van der Waals surface area contributed by atoms with E-state index >= 15 is 0 Å². The number of rotatable bonds is 7. The van der Waals surface area contributed by atoms with Crippen LogP contribution in [0.2, 0.25) is 5.02 Å². The molecule has 0 atom stereocenters. The van der Waals surface area contributed by atoms with Crippen LogP contribution in [0.15, 0.2) is 47.3 Å². The minimum absolute atomic E-state index is 0.0416. The number of nitrogens with zero attached hydrogens (tertiary/aromatic N) is 1. The van der Waals surface area contributed by atoms with Gasteiger partial charge in [-0.05, 0) is 61.8 Å². The van der Waals surface area contributed by atoms with Crippen molar-refractivity contribution in [3.05, 3.63) is 68.2 Å². The molecule has 0 aliphatic rings. The van der Waals surface area contributed by atoms with Gasteiger partial charge in [0.25, 0.3) is 5.56 Å². The number of aryl methyl sites for hydroxylation is 1. The van der Waals surface area contributed by atoms with E-state index in [9.17, 15) is 9.59 Å². The van der Waals surface area contributed by atoms with Crippen molar-refractivity contribution >= 4 is 46.3 Å². The van der Waals surface area contributed by atoms with Crippen LogP contribution in [0.1, 0.15) is 31.2 Å². The highest BCUT2D eigenvalue weighted by atomic mass is 35.5. The molecular weight excluding hydrogens is 394 g/mol. The van der Waals surface area contributed by atoms with Crippen LogP contribution in [0.5, 0.6) is 0 Å². The summed E-state index contributed by atoms with van der Waals surface area (Å²) in [5.74, 6) is -0.0416. The number of para-hydroxylation sites is 1. The van der Waals surface area contributed by atoms with Gasteiger partial charge in [-0.3, -0.25) is 14.2 Å². The van der Waals surface area contributed by atoms with Gasteiger partial charge in [0.05, 0.1) is 10.9 Å². The standard InChI is InChI=1S/C21H22ClN3O2S/c1-14-10-11-15(13-17(14)22)23-19(26)9-3-2-6-12-25-20(27)16-7-4-5-8-18(16)24-21(25)28/h4-5,7-8,10-11,13H,2-3,6,9,12H2,1H3,(H,23,26)(H,24,28). The summed E-state index contributed by atoms with van der Waals surface area (Å²) in [4.78, 5) is 27.7. The summed E-state index contributed by atoms with van der Waals surface area (Å²) in [5.41, 5.74) is 2.35. The van der Waals surface area contributed by atoms with E-state index in [1.165, 1.54) is 0 Å². The molecule has 0 bridgehead atoms. The van der Waals surface area contributed by atoms with E-state index in [2.05, 4.69) is 10.3 Å². The van der Waals surface area contributed by atoms with Gasteiger partial charge in [-0.25, -0.2) is 0 Å². The Balaban J connectivity index is 1.49. The molecule has 28 heavy (non-hydrogen) atoms. The molecular formula is C21H22ClN3O2S. The highest BCUT2D eigenvalue weighted by Gasteiger charge is 2.06. The lowest BCUT2D eigenvalue weighted by atomic mass is 10.1. The minimum Gasteiger partial charge on any atom is -0.332 e. The number of H-pyrrole nitrogens is 1. The third kappa shape index (κ3) is 4.88. The molecule has 0 saturated heterocycles. The van der Waals surface area contributed by atoms with Crippen molar-refractivity contribution in [2.24, 2.45) is 0 Å². The van der Waals surface area contributed by atoms with E-state index in [1.807, 2.05) is 37.3 Å². The summed E-state index contributed by atoms with van der Waals surface area (Å²) in [6, 6.07) is 12.8. The number of carbonyl (C=O) groups is 1. The van der Waals surface area contributed by atoms with Crippen molar-refractivity contribution < 1.29 is 4.79 Å². The fraction of sp³-hybridized carbons (Fsp3) is 0.286. The number of carbonyl (C=O) groups excluding carboxylic acids is 1. The van der Waals surface area contributed by atoms with Crippen molar-refractivity contribution in [3.8, 4) is 0 Å². The van der Waals surface area contributed by atoms with Gasteiger partial charge < -0.3 is 10.3 Å². The number of hydrogen-bond acceptors (Lipinski definition) is 3. The first-order valence-electron chi connectivity index (χ1n) is 9.23. The molecule has 0 spiro atoms. The topological polar surface area (TPSA) is 66.9 Å². The van der Waals surface area contributed by atoms with E-state index in [4.69, 9.17) is 23.8 Å². The maximum atomic E-state index is 12.6. The Kier molecular flexibility index (Phi) is 6.65. The molecule has 7 heteroatoms. The Morgan fingerprint density at radius 3 is 2.75 bits per heavy atom. The zero-order valence-electron chi connectivity index (χ0n) is 15.6. The Morgan fingerprint density at radius 1 is 1.18 bits per heavy atom. The third-order valence-corrected chi connectivity index (χ3v) is 5.36. The van der Waals surface area contributed by atoms with Crippen LogP contribution in [0.25, 0.3) is 10.9 Å². The third-order valence-electron chi connectivity index (χ3n) is 4.63. The van der Waals surface area contributed by atoms with E-state index < -0.39 is 0 Å². The Labute approximate surface area is 173 Å². The van der Waals surface area contributed by atoms with Gasteiger partial charge in [0, 0.05) is 23.7 Å². The molecule has 0 aliphatic heterocycles. The number of nitrogens with one attached hydrogen (secondary N) is 2. The molecule has 0 fully saturated rings. The van der Waals surface area contributed by atoms with E-state index in [0.29, 0.717) is 33.8 Å². The van der Waals surface area contributed by atoms with Crippen molar-refractivity contribution in [2.45, 2.75) is 39.2 Å². The maximum Gasteiger partial charge on any atom is 0.262 e. The number of anilines is 1. The number of halogens is 1. The molecule has 146 valence electrons. The summed E-state index contributed by atoms with van der Waals surface area (Å²) < 4.78 is 2.02. The predicted octanol–water partition coefficient (Wildman–Crippen LogP) is 5.22. The molecule has 3 rings (SSSR count). The number of unbranched alkanes of at least 4 members (excludes halogenated alkanes) is 2. The van der Waals surface area contributed by atoms with Crippen molar-refractivity contribution in [1.82, 2.24) is 9.55 Å². The second-order valence-electron chi connectivity index (χ2n) is 6.76. The second kappa shape index (κ2) is 9.17. The zero-order valence-corrected chi connectivity index (χ0v) is 17.2. The lowest BCUT2D eigenvalue weighted by Gasteiger charge is -2.09. The Bertz CT molecular complexity index is 1120. The van der Waals surface area contributed by atoms with Gasteiger partial charge in [-0.15, -0.1) is 0 Å². The normalized spacial score (nSPS) is 10.9. The molecule has 5 nitrogen and oxygen atoms in total. The first-order chi connectivity index (χ1) is 13.5. The maximum absolute atomic E-state index is 12.6. The number of aromatic amines is 1. The van der Waals surface area contributed by atoms with Gasteiger partial charge in [0.1, 0.15) is 0 Å². The summed E-state index contributed by atoms with van der Waals surface area (Å²) in [5, 5.41) is 4.12. The number of benzene rings is 2. The number of amides is 1. The van der Waals surface area contributed by atoms with Crippen molar-refractivity contribution in [2.75, 3.05) is 5.32 Å². The van der Waals surface area contributed by atoms with Crippen LogP contribution in [0.3, 0.4) is 0 Å². The fourth-order valence-corrected chi connectivity index (χ4v) is 3.49. The van der Waals surface area contributed by atoms with Crippen LogP contribution >= 0.6 is 23.8 Å². The van der Waals surface area contributed by atoms with E-state index in [1.54, 1.807) is 16.7 Å². The SMILES string of the molecule is Cc1ccc(NC(=O)CCCCCn2c(=S)[nH]c3ccccc3c2=O)cc1Cl. The molecule has 0 radical (unpaired) electrons. The Morgan fingerprint density at radius 2 is 1.96 bits per heavy atom. The quantitative estimate of drug-likeness (QED) is 0.410. The lowest BCUT2D eigenvalue weighted by Crippen LogP contribution is -2.22. The summed E-state index contributed by atoms with van der Waals surface area (Å²) in [7, 11) is 0. The average Bonchev–Trinajstić information content (AvgIpc) is 2.67. The highest BCUT2D eigenvalue weighted by molar-refractivity contribution is 7.71. The first kappa shape index (κ1) is 20.3. The van der Waals surface area contributed by atoms with Gasteiger partial charge in [-0.2, -0.15) is 0 Å². The predicted molar refractivity (Wildman–Crippen MR) is 117 cm³/mol. The first-order valence-corrected chi connectivity index (χ1v) is 10.0. The minimum atomic E-state index is -0.0756. The molecule has 0 unspecified atom stereocenters. The van der Waals surface area contributed by atoms with Gasteiger partial charge in [-0.1, -0.05) is 36.2 Å². The van der Waals surface area contributed by atoms with E-state index in [0.717, 1.165) is 30.3 Å². The Hall–Kier alpha value is -2.44. The molecule has 0 aliphatic carbocycles. The lowest BCUT2D eigenvalue weighted by molar-refractivity contribution is -0.116. The van der Waals surface area contributed by atoms with Gasteiger partial charge >= 0.3 is 0 Å². The fourth-order valence-electron chi connectivity index (χ4n) is 3.03. The van der Waals surface area contributed by atoms with Crippen molar-refractivity contribution in [1.29, 1.82) is 0 Å². The number of fused-ring (bicyclic) bond motifs is 1. The van der Waals surface area contributed by atoms with Crippen LogP contribution < -0.4 is 10.9 Å². The van der Waals surface area contributed by atoms with Crippen molar-refractivity contribution in [3.63, 3.8) is 0 Å². The van der Waals surface area contributed by atoms with Crippen LogP contribution in [0.4, 0.5) is 5.69 Å². The molecule has 1 amide bonds. The van der Waals surface area contributed by atoms with Crippen LogP contribution in [-0.4, -0.2) is 15.5 Å². The largest absolute Gasteiger partial charge is 0.332 e. The van der Waals surface area contributed by atoms with Gasteiger partial charge in [0.2, 0.25) is 5.91 Å². The van der Waals surface area contributed by atoms with Crippen LogP contribution in [-0.2, 0) is 11.3 Å². The summed E-state index contributed by atoms with van der Waals surface area (Å²) >= 11 is 11.4. The summed E-state index contributed by atoms with van der Waals surface area (Å²) in [6.45, 7) is 2.45. The van der Waals surface area contributed by atoms with Gasteiger partial charge in [0.15, 0.2) is 4.77 Å².